The van der Waals surface area contributed by atoms with Gasteiger partial charge in [-0.2, -0.15) is 5.10 Å². The average molecular weight is 289 g/mol. The van der Waals surface area contributed by atoms with E-state index >= 15 is 0 Å². The highest BCUT2D eigenvalue weighted by Gasteiger charge is 2.22. The monoisotopic (exact) mass is 289 g/mol. The van der Waals surface area contributed by atoms with Crippen molar-refractivity contribution in [2.24, 2.45) is 0 Å². The van der Waals surface area contributed by atoms with Crippen molar-refractivity contribution in [3.8, 4) is 0 Å². The number of hydrogen-bond acceptors (Lipinski definition) is 5. The highest BCUT2D eigenvalue weighted by Crippen LogP contribution is 2.19. The summed E-state index contributed by atoms with van der Waals surface area (Å²) in [4.78, 5) is 10.4. The van der Waals surface area contributed by atoms with Crippen LogP contribution in [-0.2, 0) is 19.6 Å². The average Bonchev–Trinajstić information content (AvgIpc) is 2.99. The zero-order valence-corrected chi connectivity index (χ0v) is 11.0. The van der Waals surface area contributed by atoms with Gasteiger partial charge >= 0.3 is 5.97 Å². The van der Waals surface area contributed by atoms with E-state index in [0.29, 0.717) is 13.2 Å². The molecule has 0 bridgehead atoms. The zero-order valence-electron chi connectivity index (χ0n) is 10.2. The first-order chi connectivity index (χ1) is 8.99. The molecule has 0 saturated carbocycles. The Kier molecular flexibility index (Phi) is 4.17. The Hall–Kier alpha value is -1.45. The molecule has 0 aromatic carbocycles. The quantitative estimate of drug-likeness (QED) is 0.737. The molecule has 2 N–H and O–H groups in total. The van der Waals surface area contributed by atoms with Crippen LogP contribution in [0, 0.1) is 0 Å². The van der Waals surface area contributed by atoms with Crippen molar-refractivity contribution < 1.29 is 23.1 Å². The first kappa shape index (κ1) is 14.0. The van der Waals surface area contributed by atoms with E-state index in [2.05, 4.69) is 9.82 Å². The SMILES string of the molecule is O=C(O)CCNS(=O)(=O)c1cnn(C2CCOC2)c1. The molecule has 0 spiro atoms. The maximum Gasteiger partial charge on any atom is 0.304 e. The molecule has 9 heteroatoms. The number of carboxylic acids is 1. The summed E-state index contributed by atoms with van der Waals surface area (Å²) >= 11 is 0. The molecule has 2 heterocycles. The van der Waals surface area contributed by atoms with E-state index in [1.54, 1.807) is 4.68 Å². The van der Waals surface area contributed by atoms with Gasteiger partial charge in [0.05, 0.1) is 25.3 Å². The van der Waals surface area contributed by atoms with E-state index in [9.17, 15) is 13.2 Å². The van der Waals surface area contributed by atoms with E-state index < -0.39 is 16.0 Å². The van der Waals surface area contributed by atoms with Crippen molar-refractivity contribution in [2.75, 3.05) is 19.8 Å². The van der Waals surface area contributed by atoms with Crippen LogP contribution in [0.15, 0.2) is 17.3 Å². The number of carboxylic acid groups (broad SMARTS) is 1. The van der Waals surface area contributed by atoms with Crippen molar-refractivity contribution in [1.29, 1.82) is 0 Å². The van der Waals surface area contributed by atoms with Gasteiger partial charge in [-0.05, 0) is 6.42 Å². The van der Waals surface area contributed by atoms with Crippen molar-refractivity contribution in [2.45, 2.75) is 23.8 Å². The van der Waals surface area contributed by atoms with Crippen molar-refractivity contribution >= 4 is 16.0 Å². The maximum absolute atomic E-state index is 11.9. The number of nitrogens with one attached hydrogen (secondary N) is 1. The van der Waals surface area contributed by atoms with Gasteiger partial charge in [-0.15, -0.1) is 0 Å². The third-order valence-electron chi connectivity index (χ3n) is 2.80. The van der Waals surface area contributed by atoms with E-state index in [1.807, 2.05) is 0 Å². The van der Waals surface area contributed by atoms with Crippen LogP contribution in [-0.4, -0.2) is 49.0 Å². The summed E-state index contributed by atoms with van der Waals surface area (Å²) in [7, 11) is -3.70. The van der Waals surface area contributed by atoms with Gasteiger partial charge in [-0.3, -0.25) is 9.48 Å². The minimum Gasteiger partial charge on any atom is -0.481 e. The predicted molar refractivity (Wildman–Crippen MR) is 64.1 cm³/mol. The second kappa shape index (κ2) is 5.68. The minimum atomic E-state index is -3.70. The van der Waals surface area contributed by atoms with Crippen molar-refractivity contribution in [1.82, 2.24) is 14.5 Å². The van der Waals surface area contributed by atoms with E-state index in [-0.39, 0.29) is 23.9 Å². The Labute approximate surface area is 110 Å². The van der Waals surface area contributed by atoms with Gasteiger partial charge in [0.25, 0.3) is 0 Å². The van der Waals surface area contributed by atoms with Crippen LogP contribution in [0.3, 0.4) is 0 Å². The molecule has 1 aromatic heterocycles. The Morgan fingerprint density at radius 3 is 3.05 bits per heavy atom. The van der Waals surface area contributed by atoms with Gasteiger partial charge in [0.1, 0.15) is 4.90 Å². The summed E-state index contributed by atoms with van der Waals surface area (Å²) in [6, 6.07) is 0.0583. The number of aromatic nitrogens is 2. The van der Waals surface area contributed by atoms with E-state index in [1.165, 1.54) is 12.4 Å². The summed E-state index contributed by atoms with van der Waals surface area (Å²) in [6.07, 6.45) is 3.22. The smallest absolute Gasteiger partial charge is 0.304 e. The zero-order chi connectivity index (χ0) is 13.9. The molecule has 0 radical (unpaired) electrons. The van der Waals surface area contributed by atoms with Crippen LogP contribution < -0.4 is 4.72 Å². The van der Waals surface area contributed by atoms with Gasteiger partial charge in [0.2, 0.25) is 10.0 Å². The molecular formula is C10H15N3O5S. The summed E-state index contributed by atoms with van der Waals surface area (Å²) in [5.41, 5.74) is 0. The van der Waals surface area contributed by atoms with E-state index in [4.69, 9.17) is 9.84 Å². The second-order valence-corrected chi connectivity index (χ2v) is 5.98. The van der Waals surface area contributed by atoms with Crippen LogP contribution in [0.4, 0.5) is 0 Å². The molecule has 2 rings (SSSR count). The molecule has 0 aliphatic carbocycles. The Balaban J connectivity index is 2.02. The molecule has 19 heavy (non-hydrogen) atoms. The van der Waals surface area contributed by atoms with Crippen molar-refractivity contribution in [3.63, 3.8) is 0 Å². The topological polar surface area (TPSA) is 111 Å². The van der Waals surface area contributed by atoms with Gasteiger partial charge in [0.15, 0.2) is 0 Å². The number of nitrogens with zero attached hydrogens (tertiary/aromatic N) is 2. The fraction of sp³-hybridized carbons (Fsp3) is 0.600. The standard InChI is InChI=1S/C10H15N3O5S/c14-10(15)1-3-12-19(16,17)9-5-11-13(6-9)8-2-4-18-7-8/h5-6,8,12H,1-4,7H2,(H,14,15). The number of rotatable bonds is 6. The Morgan fingerprint density at radius 2 is 2.42 bits per heavy atom. The molecule has 1 aromatic rings. The van der Waals surface area contributed by atoms with Crippen molar-refractivity contribution in [3.05, 3.63) is 12.4 Å². The number of hydrogen-bond donors (Lipinski definition) is 2. The molecular weight excluding hydrogens is 274 g/mol. The Morgan fingerprint density at radius 1 is 1.63 bits per heavy atom. The molecule has 1 fully saturated rings. The van der Waals surface area contributed by atoms with Gasteiger partial charge in [0, 0.05) is 19.3 Å². The number of ether oxygens (including phenoxy) is 1. The van der Waals surface area contributed by atoms with Crippen LogP contribution in [0.1, 0.15) is 18.9 Å². The summed E-state index contributed by atoms with van der Waals surface area (Å²) in [5, 5.41) is 12.5. The van der Waals surface area contributed by atoms with Gasteiger partial charge < -0.3 is 9.84 Å². The van der Waals surface area contributed by atoms with E-state index in [0.717, 1.165) is 6.42 Å². The molecule has 1 atom stereocenters. The first-order valence-corrected chi connectivity index (χ1v) is 7.31. The minimum absolute atomic E-state index is 0.0322. The fourth-order valence-electron chi connectivity index (χ4n) is 1.77. The van der Waals surface area contributed by atoms with Crippen LogP contribution >= 0.6 is 0 Å². The third-order valence-corrected chi connectivity index (χ3v) is 4.21. The highest BCUT2D eigenvalue weighted by molar-refractivity contribution is 7.89. The maximum atomic E-state index is 11.9. The molecule has 0 amide bonds. The normalized spacial score (nSPS) is 19.7. The lowest BCUT2D eigenvalue weighted by Crippen LogP contribution is -2.26. The molecule has 8 nitrogen and oxygen atoms in total. The summed E-state index contributed by atoms with van der Waals surface area (Å²) in [5.74, 6) is -1.05. The Bertz CT molecular complexity index is 547. The second-order valence-electron chi connectivity index (χ2n) is 4.21. The first-order valence-electron chi connectivity index (χ1n) is 5.82. The summed E-state index contributed by atoms with van der Waals surface area (Å²) in [6.45, 7) is 1.02. The lowest BCUT2D eigenvalue weighted by atomic mass is 10.3. The molecule has 1 unspecified atom stereocenters. The molecule has 1 saturated heterocycles. The third kappa shape index (κ3) is 3.52. The number of aliphatic carboxylic acids is 1. The number of carbonyl (C=O) groups is 1. The van der Waals surface area contributed by atoms with Gasteiger partial charge in [-0.25, -0.2) is 13.1 Å². The predicted octanol–water partition coefficient (Wildman–Crippen LogP) is -0.402. The number of sulfonamides is 1. The van der Waals surface area contributed by atoms with Crippen LogP contribution in [0.5, 0.6) is 0 Å². The van der Waals surface area contributed by atoms with Crippen LogP contribution in [0.2, 0.25) is 0 Å². The lowest BCUT2D eigenvalue weighted by molar-refractivity contribution is -0.136. The van der Waals surface area contributed by atoms with Crippen LogP contribution in [0.25, 0.3) is 0 Å². The van der Waals surface area contributed by atoms with Gasteiger partial charge in [-0.1, -0.05) is 0 Å². The molecule has 1 aliphatic rings. The molecule has 106 valence electrons. The highest BCUT2D eigenvalue weighted by atomic mass is 32.2. The largest absolute Gasteiger partial charge is 0.481 e. The lowest BCUT2D eigenvalue weighted by Gasteiger charge is -2.07. The molecule has 1 aliphatic heterocycles. The fourth-order valence-corrected chi connectivity index (χ4v) is 2.74. The summed E-state index contributed by atoms with van der Waals surface area (Å²) < 4.78 is 32.7.